The highest BCUT2D eigenvalue weighted by Crippen LogP contribution is 2.14. The summed E-state index contributed by atoms with van der Waals surface area (Å²) >= 11 is 0. The van der Waals surface area contributed by atoms with Crippen LogP contribution in [0.4, 0.5) is 0 Å². The summed E-state index contributed by atoms with van der Waals surface area (Å²) in [5.74, 6) is -0.265. The highest BCUT2D eigenvalue weighted by atomic mass is 16.2. The molecule has 0 aliphatic heterocycles. The van der Waals surface area contributed by atoms with Crippen LogP contribution >= 0.6 is 0 Å². The first-order valence-electron chi connectivity index (χ1n) is 9.70. The Morgan fingerprint density at radius 1 is 1.04 bits per heavy atom. The molecule has 0 fully saturated rings. The van der Waals surface area contributed by atoms with Crippen LogP contribution in [0.5, 0.6) is 0 Å². The van der Waals surface area contributed by atoms with Gasteiger partial charge in [0.1, 0.15) is 6.04 Å². The number of amides is 1. The number of quaternary nitrogens is 1. The molecule has 3 aromatic rings. The minimum absolute atomic E-state index is 0.152. The summed E-state index contributed by atoms with van der Waals surface area (Å²) in [5.41, 5.74) is 1.26. The van der Waals surface area contributed by atoms with Crippen LogP contribution in [0.15, 0.2) is 59.4 Å². The zero-order valence-electron chi connectivity index (χ0n) is 16.6. The summed E-state index contributed by atoms with van der Waals surface area (Å²) in [6.07, 6.45) is 0. The smallest absolute Gasteiger partial charge is 0.274 e. The van der Waals surface area contributed by atoms with Crippen molar-refractivity contribution < 1.29 is 9.69 Å². The molecular formula is C22H27N4O2+. The van der Waals surface area contributed by atoms with Crippen LogP contribution < -0.4 is 15.8 Å². The molecular weight excluding hydrogens is 352 g/mol. The molecule has 1 atom stereocenters. The van der Waals surface area contributed by atoms with Crippen molar-refractivity contribution in [1.82, 2.24) is 15.1 Å². The third kappa shape index (κ3) is 3.97. The Balaban J connectivity index is 1.89. The number of hydrogen-bond donors (Lipinski definition) is 2. The molecule has 0 saturated heterocycles. The number of carbonyl (C=O) groups is 1. The van der Waals surface area contributed by atoms with Crippen molar-refractivity contribution in [3.05, 3.63) is 76.2 Å². The van der Waals surface area contributed by atoms with E-state index in [1.807, 2.05) is 24.3 Å². The average Bonchev–Trinajstić information content (AvgIpc) is 2.74. The molecule has 0 saturated carbocycles. The van der Waals surface area contributed by atoms with Gasteiger partial charge in [0.05, 0.1) is 25.0 Å². The maximum atomic E-state index is 13.0. The van der Waals surface area contributed by atoms with Crippen molar-refractivity contribution in [3.8, 4) is 0 Å². The van der Waals surface area contributed by atoms with Gasteiger partial charge in [-0.15, -0.1) is 0 Å². The summed E-state index contributed by atoms with van der Waals surface area (Å²) in [6.45, 7) is 6.73. The maximum Gasteiger partial charge on any atom is 0.274 e. The van der Waals surface area contributed by atoms with Crippen LogP contribution in [0.3, 0.4) is 0 Å². The Labute approximate surface area is 164 Å². The van der Waals surface area contributed by atoms with Gasteiger partial charge in [0.2, 0.25) is 0 Å². The molecule has 28 heavy (non-hydrogen) atoms. The summed E-state index contributed by atoms with van der Waals surface area (Å²) in [6, 6.07) is 17.5. The second kappa shape index (κ2) is 8.80. The molecule has 0 unspecified atom stereocenters. The minimum atomic E-state index is -0.265. The molecule has 6 heteroatoms. The van der Waals surface area contributed by atoms with Gasteiger partial charge >= 0.3 is 0 Å². The van der Waals surface area contributed by atoms with Gasteiger partial charge in [0.15, 0.2) is 5.69 Å². The van der Waals surface area contributed by atoms with Crippen molar-refractivity contribution in [2.75, 3.05) is 19.6 Å². The molecule has 0 aliphatic rings. The largest absolute Gasteiger partial charge is 0.344 e. The SMILES string of the molecule is CC[NH+](CC)[C@@H](CNC(=O)c1nn(C)c(=O)c2ccccc12)c1ccccc1. The summed E-state index contributed by atoms with van der Waals surface area (Å²) in [5, 5.41) is 8.35. The fourth-order valence-electron chi connectivity index (χ4n) is 3.67. The Morgan fingerprint density at radius 3 is 2.29 bits per heavy atom. The van der Waals surface area contributed by atoms with Gasteiger partial charge in [-0.3, -0.25) is 9.59 Å². The van der Waals surface area contributed by atoms with Crippen molar-refractivity contribution in [2.24, 2.45) is 7.05 Å². The topological polar surface area (TPSA) is 68.4 Å². The van der Waals surface area contributed by atoms with Crippen LogP contribution in [0.1, 0.15) is 35.9 Å². The lowest BCUT2D eigenvalue weighted by molar-refractivity contribution is -0.927. The average molecular weight is 379 g/mol. The summed E-state index contributed by atoms with van der Waals surface area (Å²) in [7, 11) is 1.57. The first-order valence-corrected chi connectivity index (χ1v) is 9.70. The number of aromatic nitrogens is 2. The molecule has 6 nitrogen and oxygen atoms in total. The number of carbonyl (C=O) groups excluding carboxylic acids is 1. The molecule has 1 amide bonds. The van der Waals surface area contributed by atoms with E-state index in [1.54, 1.807) is 25.2 Å². The Morgan fingerprint density at radius 2 is 1.64 bits per heavy atom. The van der Waals surface area contributed by atoms with Gasteiger partial charge in [-0.1, -0.05) is 48.5 Å². The van der Waals surface area contributed by atoms with E-state index in [4.69, 9.17) is 0 Å². The summed E-state index contributed by atoms with van der Waals surface area (Å²) < 4.78 is 1.22. The van der Waals surface area contributed by atoms with Gasteiger partial charge in [-0.2, -0.15) is 5.10 Å². The van der Waals surface area contributed by atoms with E-state index in [1.165, 1.54) is 15.1 Å². The third-order valence-corrected chi connectivity index (χ3v) is 5.24. The van der Waals surface area contributed by atoms with E-state index in [-0.39, 0.29) is 23.2 Å². The Kier molecular flexibility index (Phi) is 6.21. The lowest BCUT2D eigenvalue weighted by Gasteiger charge is -2.27. The lowest BCUT2D eigenvalue weighted by atomic mass is 10.0. The molecule has 146 valence electrons. The van der Waals surface area contributed by atoms with Crippen LogP contribution in [-0.4, -0.2) is 35.3 Å². The number of fused-ring (bicyclic) bond motifs is 1. The third-order valence-electron chi connectivity index (χ3n) is 5.24. The van der Waals surface area contributed by atoms with E-state index < -0.39 is 0 Å². The fraction of sp³-hybridized carbons (Fsp3) is 0.318. The van der Waals surface area contributed by atoms with Gasteiger partial charge in [-0.25, -0.2) is 4.68 Å². The van der Waals surface area contributed by atoms with Gasteiger partial charge < -0.3 is 10.2 Å². The Bertz CT molecular complexity index is 1010. The van der Waals surface area contributed by atoms with Gasteiger partial charge in [0.25, 0.3) is 11.5 Å². The summed E-state index contributed by atoms with van der Waals surface area (Å²) in [4.78, 5) is 26.6. The van der Waals surface area contributed by atoms with Crippen molar-refractivity contribution in [2.45, 2.75) is 19.9 Å². The van der Waals surface area contributed by atoms with E-state index in [0.29, 0.717) is 17.3 Å². The number of likely N-dealkylation sites (N-methyl/N-ethyl adjacent to an activating group) is 1. The molecule has 1 heterocycles. The predicted octanol–water partition coefficient (Wildman–Crippen LogP) is 1.33. The van der Waals surface area contributed by atoms with E-state index >= 15 is 0 Å². The van der Waals surface area contributed by atoms with E-state index in [0.717, 1.165) is 13.1 Å². The molecule has 2 aromatic carbocycles. The number of hydrogen-bond acceptors (Lipinski definition) is 3. The number of aryl methyl sites for hydroxylation is 1. The van der Waals surface area contributed by atoms with Gasteiger partial charge in [0, 0.05) is 18.0 Å². The molecule has 0 radical (unpaired) electrons. The zero-order valence-corrected chi connectivity index (χ0v) is 16.6. The molecule has 2 N–H and O–H groups in total. The zero-order chi connectivity index (χ0) is 20.1. The molecule has 3 rings (SSSR count). The maximum absolute atomic E-state index is 13.0. The Hall–Kier alpha value is -2.99. The normalized spacial score (nSPS) is 12.3. The minimum Gasteiger partial charge on any atom is -0.344 e. The first kappa shape index (κ1) is 19.8. The number of nitrogens with zero attached hydrogens (tertiary/aromatic N) is 2. The predicted molar refractivity (Wildman–Crippen MR) is 111 cm³/mol. The standard InChI is InChI=1S/C22H26N4O2/c1-4-26(5-2)19(16-11-7-6-8-12-16)15-23-21(27)20-17-13-9-10-14-18(17)22(28)25(3)24-20/h6-14,19H,4-5,15H2,1-3H3,(H,23,27)/p+1/t19-/m0/s1. The van der Waals surface area contributed by atoms with Crippen LogP contribution in [-0.2, 0) is 7.05 Å². The van der Waals surface area contributed by atoms with Crippen molar-refractivity contribution in [1.29, 1.82) is 0 Å². The first-order chi connectivity index (χ1) is 13.6. The van der Waals surface area contributed by atoms with E-state index in [2.05, 4.69) is 36.4 Å². The fourth-order valence-corrected chi connectivity index (χ4v) is 3.67. The van der Waals surface area contributed by atoms with Crippen molar-refractivity contribution >= 4 is 16.7 Å². The number of rotatable bonds is 7. The van der Waals surface area contributed by atoms with Crippen LogP contribution in [0.2, 0.25) is 0 Å². The second-order valence-corrected chi connectivity index (χ2v) is 6.86. The van der Waals surface area contributed by atoms with Crippen LogP contribution in [0.25, 0.3) is 10.8 Å². The number of nitrogens with one attached hydrogen (secondary N) is 2. The van der Waals surface area contributed by atoms with Crippen LogP contribution in [0, 0.1) is 0 Å². The highest BCUT2D eigenvalue weighted by Gasteiger charge is 2.23. The van der Waals surface area contributed by atoms with Crippen molar-refractivity contribution in [3.63, 3.8) is 0 Å². The number of benzene rings is 2. The second-order valence-electron chi connectivity index (χ2n) is 6.86. The monoisotopic (exact) mass is 379 g/mol. The molecule has 0 bridgehead atoms. The van der Waals surface area contributed by atoms with Gasteiger partial charge in [-0.05, 0) is 19.9 Å². The quantitative estimate of drug-likeness (QED) is 0.651. The molecule has 1 aromatic heterocycles. The molecule has 0 aliphatic carbocycles. The highest BCUT2D eigenvalue weighted by molar-refractivity contribution is 6.04. The molecule has 0 spiro atoms. The lowest BCUT2D eigenvalue weighted by Crippen LogP contribution is -3.12. The van der Waals surface area contributed by atoms with E-state index in [9.17, 15) is 9.59 Å².